The fourth-order valence-electron chi connectivity index (χ4n) is 1.70. The van der Waals surface area contributed by atoms with Gasteiger partial charge in [-0.15, -0.1) is 0 Å². The van der Waals surface area contributed by atoms with Gasteiger partial charge >= 0.3 is 5.97 Å². The maximum Gasteiger partial charge on any atom is 0.308 e. The van der Waals surface area contributed by atoms with E-state index in [1.807, 2.05) is 18.2 Å². The van der Waals surface area contributed by atoms with Crippen LogP contribution in [0.2, 0.25) is 0 Å². The third-order valence-corrected chi connectivity index (χ3v) is 3.89. The number of hydrazone groups is 1. The highest BCUT2D eigenvalue weighted by Crippen LogP contribution is 2.20. The predicted molar refractivity (Wildman–Crippen MR) is 93.0 cm³/mol. The van der Waals surface area contributed by atoms with Gasteiger partial charge in [0.05, 0.1) is 16.5 Å². The first-order valence-electron chi connectivity index (χ1n) is 7.23. The number of carbonyl (C=O) groups is 2. The molecule has 1 aromatic heterocycles. The van der Waals surface area contributed by atoms with Crippen molar-refractivity contribution < 1.29 is 14.3 Å². The van der Waals surface area contributed by atoms with Crippen LogP contribution in [0, 0.1) is 0 Å². The maximum absolute atomic E-state index is 12.0. The lowest BCUT2D eigenvalue weighted by atomic mass is 10.2. The average molecular weight is 343 g/mol. The molecule has 24 heavy (non-hydrogen) atoms. The molecule has 0 aliphatic carbocycles. The van der Waals surface area contributed by atoms with Crippen molar-refractivity contribution in [2.24, 2.45) is 5.10 Å². The van der Waals surface area contributed by atoms with Crippen LogP contribution in [-0.2, 0) is 9.59 Å². The molecule has 0 saturated heterocycles. The van der Waals surface area contributed by atoms with Gasteiger partial charge in [-0.25, -0.2) is 10.4 Å². The predicted octanol–water partition coefficient (Wildman–Crippen LogP) is 2.64. The summed E-state index contributed by atoms with van der Waals surface area (Å²) in [5.74, 6) is -0.120. The molecule has 1 heterocycles. The van der Waals surface area contributed by atoms with Gasteiger partial charge in [0.15, 0.2) is 0 Å². The van der Waals surface area contributed by atoms with Crippen molar-refractivity contribution in [3.8, 4) is 5.75 Å². The number of pyridine rings is 1. The highest BCUT2D eigenvalue weighted by molar-refractivity contribution is 8.00. The first kappa shape index (κ1) is 17.7. The second kappa shape index (κ2) is 8.83. The van der Waals surface area contributed by atoms with E-state index < -0.39 is 0 Å². The molecular weight excluding hydrogens is 326 g/mol. The molecule has 0 radical (unpaired) electrons. The number of aromatic nitrogens is 1. The summed E-state index contributed by atoms with van der Waals surface area (Å²) in [4.78, 5) is 27.0. The maximum atomic E-state index is 12.0. The van der Waals surface area contributed by atoms with Crippen LogP contribution in [0.3, 0.4) is 0 Å². The minimum absolute atomic E-state index is 0.210. The Balaban J connectivity index is 1.84. The zero-order chi connectivity index (χ0) is 17.4. The Labute approximate surface area is 144 Å². The van der Waals surface area contributed by atoms with Crippen LogP contribution in [0.1, 0.15) is 19.4 Å². The molecule has 1 aromatic carbocycles. The lowest BCUT2D eigenvalue weighted by Gasteiger charge is -2.08. The molecular formula is C17H17N3O3S. The van der Waals surface area contributed by atoms with Crippen LogP contribution >= 0.6 is 11.8 Å². The summed E-state index contributed by atoms with van der Waals surface area (Å²) in [6.45, 7) is 3.13. The fourth-order valence-corrected chi connectivity index (χ4v) is 2.50. The average Bonchev–Trinajstić information content (AvgIpc) is 2.56. The third-order valence-electron chi connectivity index (χ3n) is 2.83. The largest absolute Gasteiger partial charge is 0.427 e. The van der Waals surface area contributed by atoms with E-state index in [-0.39, 0.29) is 17.1 Å². The van der Waals surface area contributed by atoms with Gasteiger partial charge in [-0.3, -0.25) is 9.59 Å². The van der Waals surface area contributed by atoms with Gasteiger partial charge in [-0.2, -0.15) is 5.10 Å². The molecule has 1 N–H and O–H groups in total. The zero-order valence-electron chi connectivity index (χ0n) is 13.3. The number of esters is 1. The van der Waals surface area contributed by atoms with Crippen LogP contribution in [-0.4, -0.2) is 28.3 Å². The lowest BCUT2D eigenvalue weighted by molar-refractivity contribution is -0.131. The molecule has 0 fully saturated rings. The minimum atomic E-state index is -0.372. The highest BCUT2D eigenvalue weighted by Gasteiger charge is 2.13. The summed E-state index contributed by atoms with van der Waals surface area (Å²) < 4.78 is 4.94. The second-order valence-corrected chi connectivity index (χ2v) is 6.19. The monoisotopic (exact) mass is 343 g/mol. The SMILES string of the molecule is CC(=O)Oc1ccc(C=NNC(=O)C(C)Sc2ccccn2)cc1. The Bertz CT molecular complexity index is 718. The fraction of sp³-hybridized carbons (Fsp3) is 0.176. The molecule has 1 unspecified atom stereocenters. The van der Waals surface area contributed by atoms with Crippen molar-refractivity contribution in [1.82, 2.24) is 10.4 Å². The topological polar surface area (TPSA) is 80.6 Å². The second-order valence-electron chi connectivity index (χ2n) is 4.82. The van der Waals surface area contributed by atoms with Crippen molar-refractivity contribution in [3.63, 3.8) is 0 Å². The van der Waals surface area contributed by atoms with Crippen LogP contribution in [0.25, 0.3) is 0 Å². The smallest absolute Gasteiger partial charge is 0.308 e. The van der Waals surface area contributed by atoms with Crippen LogP contribution in [0.4, 0.5) is 0 Å². The highest BCUT2D eigenvalue weighted by atomic mass is 32.2. The van der Waals surface area contributed by atoms with Gasteiger partial charge in [0, 0.05) is 13.1 Å². The quantitative estimate of drug-likeness (QED) is 0.287. The Kier molecular flexibility index (Phi) is 6.51. The number of hydrogen-bond donors (Lipinski definition) is 1. The summed E-state index contributed by atoms with van der Waals surface area (Å²) in [7, 11) is 0. The summed E-state index contributed by atoms with van der Waals surface area (Å²) >= 11 is 1.36. The normalized spacial score (nSPS) is 11.9. The molecule has 0 aliphatic rings. The van der Waals surface area contributed by atoms with Crippen molar-refractivity contribution in [3.05, 3.63) is 54.2 Å². The van der Waals surface area contributed by atoms with E-state index in [4.69, 9.17) is 4.74 Å². The molecule has 0 saturated carbocycles. The molecule has 124 valence electrons. The number of carbonyl (C=O) groups excluding carboxylic acids is 2. The number of rotatable bonds is 6. The van der Waals surface area contributed by atoms with E-state index in [0.717, 1.165) is 10.6 Å². The number of nitrogens with one attached hydrogen (secondary N) is 1. The number of amides is 1. The van der Waals surface area contributed by atoms with Gasteiger partial charge in [-0.05, 0) is 48.9 Å². The Morgan fingerprint density at radius 3 is 2.62 bits per heavy atom. The summed E-state index contributed by atoms with van der Waals surface area (Å²) in [6, 6.07) is 12.3. The summed E-state index contributed by atoms with van der Waals surface area (Å²) in [6.07, 6.45) is 3.21. The van der Waals surface area contributed by atoms with Crippen molar-refractivity contribution in [2.45, 2.75) is 24.1 Å². The Morgan fingerprint density at radius 1 is 1.25 bits per heavy atom. The lowest BCUT2D eigenvalue weighted by Crippen LogP contribution is -2.26. The van der Waals surface area contributed by atoms with Gasteiger partial charge in [0.25, 0.3) is 5.91 Å². The van der Waals surface area contributed by atoms with E-state index in [1.54, 1.807) is 37.4 Å². The van der Waals surface area contributed by atoms with Crippen molar-refractivity contribution in [2.75, 3.05) is 0 Å². The van der Waals surface area contributed by atoms with Crippen LogP contribution < -0.4 is 10.2 Å². The number of ether oxygens (including phenoxy) is 1. The molecule has 2 rings (SSSR count). The molecule has 1 atom stereocenters. The first-order valence-corrected chi connectivity index (χ1v) is 8.11. The van der Waals surface area contributed by atoms with Crippen molar-refractivity contribution in [1.29, 1.82) is 0 Å². The molecule has 2 aromatic rings. The van der Waals surface area contributed by atoms with Gasteiger partial charge < -0.3 is 4.74 Å². The van der Waals surface area contributed by atoms with E-state index >= 15 is 0 Å². The Hall–Kier alpha value is -2.67. The molecule has 0 bridgehead atoms. The zero-order valence-corrected chi connectivity index (χ0v) is 14.1. The number of hydrogen-bond acceptors (Lipinski definition) is 6. The number of benzene rings is 1. The molecule has 1 amide bonds. The van der Waals surface area contributed by atoms with Crippen molar-refractivity contribution >= 4 is 29.9 Å². The molecule has 6 nitrogen and oxygen atoms in total. The van der Waals surface area contributed by atoms with Gasteiger partial charge in [0.1, 0.15) is 5.75 Å². The molecule has 0 spiro atoms. The Morgan fingerprint density at radius 2 is 2.00 bits per heavy atom. The minimum Gasteiger partial charge on any atom is -0.427 e. The van der Waals surface area contributed by atoms with Gasteiger partial charge in [-0.1, -0.05) is 17.8 Å². The summed E-state index contributed by atoms with van der Waals surface area (Å²) in [5.41, 5.74) is 3.27. The van der Waals surface area contributed by atoms with E-state index in [9.17, 15) is 9.59 Å². The summed E-state index contributed by atoms with van der Waals surface area (Å²) in [5, 5.41) is 4.40. The molecule has 7 heteroatoms. The van der Waals surface area contributed by atoms with E-state index in [1.165, 1.54) is 24.9 Å². The number of nitrogens with zero attached hydrogens (tertiary/aromatic N) is 2. The third kappa shape index (κ3) is 5.85. The standard InChI is InChI=1S/C17H17N3O3S/c1-12(24-16-5-3-4-10-18-16)17(22)20-19-11-14-6-8-15(9-7-14)23-13(2)21/h3-12H,1-2H3,(H,20,22). The van der Waals surface area contributed by atoms with E-state index in [0.29, 0.717) is 5.75 Å². The number of thioether (sulfide) groups is 1. The molecule has 0 aliphatic heterocycles. The van der Waals surface area contributed by atoms with Gasteiger partial charge in [0.2, 0.25) is 0 Å². The van der Waals surface area contributed by atoms with Crippen LogP contribution in [0.5, 0.6) is 5.75 Å². The first-order chi connectivity index (χ1) is 11.5. The van der Waals surface area contributed by atoms with Crippen LogP contribution in [0.15, 0.2) is 58.8 Å². The van der Waals surface area contributed by atoms with E-state index in [2.05, 4.69) is 15.5 Å².